The van der Waals surface area contributed by atoms with Gasteiger partial charge in [-0.2, -0.15) is 0 Å². The number of nitrogens with two attached hydrogens (primary N) is 1. The van der Waals surface area contributed by atoms with Crippen LogP contribution in [0.5, 0.6) is 0 Å². The molecule has 5 nitrogen and oxygen atoms in total. The third-order valence-corrected chi connectivity index (χ3v) is 6.89. The van der Waals surface area contributed by atoms with Crippen molar-refractivity contribution in [2.75, 3.05) is 25.6 Å². The Labute approximate surface area is 178 Å². The van der Waals surface area contributed by atoms with Crippen molar-refractivity contribution in [1.82, 2.24) is 4.90 Å². The fourth-order valence-electron chi connectivity index (χ4n) is 4.31. The highest BCUT2D eigenvalue weighted by molar-refractivity contribution is 8.00. The van der Waals surface area contributed by atoms with Crippen molar-refractivity contribution in [3.63, 3.8) is 0 Å². The van der Waals surface area contributed by atoms with Crippen molar-refractivity contribution in [1.29, 1.82) is 0 Å². The van der Waals surface area contributed by atoms with Crippen LogP contribution in [0.4, 0.5) is 0 Å². The summed E-state index contributed by atoms with van der Waals surface area (Å²) in [6, 6.07) is 15.9. The lowest BCUT2D eigenvalue weighted by Gasteiger charge is -2.32. The first-order valence-electron chi connectivity index (χ1n) is 10.5. The van der Waals surface area contributed by atoms with E-state index in [0.29, 0.717) is 35.1 Å². The number of benzene rings is 2. The Morgan fingerprint density at radius 3 is 2.57 bits per heavy atom. The summed E-state index contributed by atoms with van der Waals surface area (Å²) in [4.78, 5) is 15.2. The second-order valence-electron chi connectivity index (χ2n) is 8.68. The van der Waals surface area contributed by atoms with Crippen LogP contribution >= 0.6 is 0 Å². The second kappa shape index (κ2) is 8.36. The molecule has 0 aliphatic carbocycles. The highest BCUT2D eigenvalue weighted by Crippen LogP contribution is 2.31. The molecule has 0 saturated carbocycles. The van der Waals surface area contributed by atoms with E-state index >= 15 is 0 Å². The Kier molecular flexibility index (Phi) is 5.80. The molecule has 1 aliphatic heterocycles. The lowest BCUT2D eigenvalue weighted by atomic mass is 9.88. The number of furan rings is 1. The second-order valence-corrected chi connectivity index (χ2v) is 12.1. The van der Waals surface area contributed by atoms with Crippen molar-refractivity contribution >= 4 is 26.8 Å². The normalized spacial score (nSPS) is 16.2. The predicted molar refractivity (Wildman–Crippen MR) is 124 cm³/mol. The molecule has 2 heterocycles. The van der Waals surface area contributed by atoms with Gasteiger partial charge in [0.25, 0.3) is 5.91 Å². The molecule has 0 radical (unpaired) electrons. The Morgan fingerprint density at radius 2 is 1.87 bits per heavy atom. The van der Waals surface area contributed by atoms with Crippen LogP contribution in [0, 0.1) is 0 Å². The third kappa shape index (κ3) is 4.50. The zero-order valence-electron chi connectivity index (χ0n) is 17.6. The molecule has 1 fully saturated rings. The molecule has 1 aliphatic rings. The molecule has 3 aromatic rings. The van der Waals surface area contributed by atoms with Crippen molar-refractivity contribution in [2.45, 2.75) is 31.1 Å². The number of thiol groups is 1. The largest absolute Gasteiger partial charge is 0.460 e. The quantitative estimate of drug-likeness (QED) is 0.610. The number of carbonyl (C=O) groups is 1. The molecule has 2 N–H and O–H groups in total. The van der Waals surface area contributed by atoms with Gasteiger partial charge >= 0.3 is 0 Å². The summed E-state index contributed by atoms with van der Waals surface area (Å²) in [5.41, 5.74) is 9.58. The van der Waals surface area contributed by atoms with Crippen LogP contribution in [0.3, 0.4) is 0 Å². The minimum atomic E-state index is -2.25. The summed E-state index contributed by atoms with van der Waals surface area (Å²) in [5.74, 6) is 1.58. The van der Waals surface area contributed by atoms with Crippen LogP contribution in [0.15, 0.2) is 52.9 Å². The van der Waals surface area contributed by atoms with E-state index < -0.39 is 9.93 Å². The van der Waals surface area contributed by atoms with E-state index in [-0.39, 0.29) is 5.91 Å². The van der Waals surface area contributed by atoms with Crippen molar-refractivity contribution < 1.29 is 13.4 Å². The summed E-state index contributed by atoms with van der Waals surface area (Å²) in [6.07, 6.45) is 5.39. The van der Waals surface area contributed by atoms with E-state index in [1.54, 1.807) is 12.5 Å². The van der Waals surface area contributed by atoms with Gasteiger partial charge in [-0.1, -0.05) is 30.3 Å². The number of hydrogen-bond donors (Lipinski definition) is 2. The van der Waals surface area contributed by atoms with Gasteiger partial charge in [0.05, 0.1) is 11.3 Å². The van der Waals surface area contributed by atoms with Gasteiger partial charge in [-0.15, -0.1) is 9.93 Å². The molecule has 1 amide bonds. The van der Waals surface area contributed by atoms with Gasteiger partial charge in [0.1, 0.15) is 11.3 Å². The third-order valence-electron chi connectivity index (χ3n) is 5.82. The number of rotatable bonds is 5. The van der Waals surface area contributed by atoms with E-state index in [4.69, 9.17) is 10.2 Å². The predicted octanol–water partition coefficient (Wildman–Crippen LogP) is 3.69. The van der Waals surface area contributed by atoms with Crippen LogP contribution in [0.1, 0.15) is 46.0 Å². The van der Waals surface area contributed by atoms with Gasteiger partial charge in [-0.05, 0) is 60.6 Å². The van der Waals surface area contributed by atoms with E-state index in [0.717, 1.165) is 36.9 Å². The fraction of sp³-hybridized carbons (Fsp3) is 0.375. The molecule has 0 atom stereocenters. The zero-order valence-corrected chi connectivity index (χ0v) is 18.5. The molecule has 1 saturated heterocycles. The first-order chi connectivity index (χ1) is 14.3. The van der Waals surface area contributed by atoms with E-state index in [1.807, 2.05) is 29.2 Å². The van der Waals surface area contributed by atoms with Gasteiger partial charge in [-0.25, -0.2) is 0 Å². The number of amides is 1. The first kappa shape index (κ1) is 20.8. The maximum Gasteiger partial charge on any atom is 0.254 e. The van der Waals surface area contributed by atoms with Crippen molar-refractivity contribution in [2.24, 2.45) is 5.73 Å². The summed E-state index contributed by atoms with van der Waals surface area (Å²) >= 11 is 0. The number of piperidine rings is 1. The first-order valence-corrected chi connectivity index (χ1v) is 13.3. The maximum absolute atomic E-state index is 13.3. The molecule has 4 rings (SSSR count). The average Bonchev–Trinajstić information content (AvgIpc) is 3.14. The summed E-state index contributed by atoms with van der Waals surface area (Å²) in [5, 5.41) is 0.809. The highest BCUT2D eigenvalue weighted by atomic mass is 32.2. The SMILES string of the molecule is C[SH](C)(=O)Cc1cc2c(C(=O)N3CCC(c4cccc(CN)c4)CC3)cccc2o1. The van der Waals surface area contributed by atoms with Gasteiger partial charge in [-0.3, -0.25) is 9.00 Å². The minimum Gasteiger partial charge on any atom is -0.460 e. The van der Waals surface area contributed by atoms with Crippen LogP contribution in [-0.4, -0.2) is 40.6 Å². The molecular formula is C24H30N2O3S. The van der Waals surface area contributed by atoms with Crippen LogP contribution in [0.2, 0.25) is 0 Å². The summed E-state index contributed by atoms with van der Waals surface area (Å²) < 4.78 is 18.0. The number of nitrogens with zero attached hydrogens (tertiary/aromatic N) is 1. The zero-order chi connectivity index (χ0) is 21.3. The number of hydrogen-bond acceptors (Lipinski definition) is 4. The lowest BCUT2D eigenvalue weighted by Crippen LogP contribution is -2.38. The lowest BCUT2D eigenvalue weighted by molar-refractivity contribution is 0.0715. The standard InChI is InChI=1S/C24H30N2O3S/c1-30(2,28)16-20-14-22-21(7-4-8-23(22)29-20)24(27)26-11-9-18(10-12-26)19-6-3-5-17(13-19)15-25/h3-8,13-14,18,30H,9-12,15-16,25H2,1-2H3. The van der Waals surface area contributed by atoms with E-state index in [2.05, 4.69) is 24.3 Å². The van der Waals surface area contributed by atoms with Gasteiger partial charge in [0.15, 0.2) is 0 Å². The topological polar surface area (TPSA) is 76.5 Å². The molecule has 30 heavy (non-hydrogen) atoms. The Morgan fingerprint density at radius 1 is 1.13 bits per heavy atom. The van der Waals surface area contributed by atoms with E-state index in [9.17, 15) is 9.00 Å². The number of fused-ring (bicyclic) bond motifs is 1. The Hall–Kier alpha value is -2.44. The molecule has 0 unspecified atom stereocenters. The van der Waals surface area contributed by atoms with E-state index in [1.165, 1.54) is 5.56 Å². The Bertz CT molecular complexity index is 1110. The molecule has 0 spiro atoms. The fourth-order valence-corrected chi connectivity index (χ4v) is 5.22. The van der Waals surface area contributed by atoms with Crippen molar-refractivity contribution in [3.05, 3.63) is 71.0 Å². The number of carbonyl (C=O) groups excluding carboxylic acids is 1. The van der Waals surface area contributed by atoms with Gasteiger partial charge < -0.3 is 15.1 Å². The molecule has 160 valence electrons. The minimum absolute atomic E-state index is 0.0401. The number of likely N-dealkylation sites (tertiary alicyclic amines) is 1. The maximum atomic E-state index is 13.3. The molecule has 1 aromatic heterocycles. The molecule has 0 bridgehead atoms. The summed E-state index contributed by atoms with van der Waals surface area (Å²) in [6.45, 7) is 2.01. The van der Waals surface area contributed by atoms with Crippen molar-refractivity contribution in [3.8, 4) is 0 Å². The van der Waals surface area contributed by atoms with Gasteiger partial charge in [0.2, 0.25) is 0 Å². The van der Waals surface area contributed by atoms with Crippen LogP contribution in [-0.2, 0) is 22.2 Å². The van der Waals surface area contributed by atoms with Crippen LogP contribution in [0.25, 0.3) is 11.0 Å². The molecular weight excluding hydrogens is 396 g/mol. The Balaban J connectivity index is 1.50. The highest BCUT2D eigenvalue weighted by Gasteiger charge is 2.26. The average molecular weight is 427 g/mol. The molecule has 6 heteroatoms. The molecule has 2 aromatic carbocycles. The van der Waals surface area contributed by atoms with Gasteiger partial charge in [0, 0.05) is 25.0 Å². The smallest absolute Gasteiger partial charge is 0.254 e. The van der Waals surface area contributed by atoms with Crippen LogP contribution < -0.4 is 5.73 Å². The summed E-state index contributed by atoms with van der Waals surface area (Å²) in [7, 11) is -2.25. The monoisotopic (exact) mass is 426 g/mol.